The van der Waals surface area contributed by atoms with E-state index in [0.717, 1.165) is 26.4 Å². The van der Waals surface area contributed by atoms with E-state index in [0.29, 0.717) is 0 Å². The minimum Gasteiger partial charge on any atom is -0.376 e. The number of hydrogen-bond acceptors (Lipinski definition) is 5. The lowest BCUT2D eigenvalue weighted by molar-refractivity contribution is 0.322. The van der Waals surface area contributed by atoms with Gasteiger partial charge in [0.15, 0.2) is 0 Å². The van der Waals surface area contributed by atoms with Gasteiger partial charge >= 0.3 is 6.85 Å². The topological polar surface area (TPSA) is 16.2 Å². The summed E-state index contributed by atoms with van der Waals surface area (Å²) in [7, 11) is 0. The SMILES string of the molecule is C1=CN2CN1CCN1C=CN(C1)c1ccc3c(c1)N1B(c4ccccc4-c4ccc2cc41)c1ccccc1-3. The Kier molecular flexibility index (Phi) is 4.03. The summed E-state index contributed by atoms with van der Waals surface area (Å²) in [6, 6.07) is 32.0. The molecule has 5 heterocycles. The van der Waals surface area contributed by atoms with E-state index in [-0.39, 0.29) is 6.85 Å². The highest BCUT2D eigenvalue weighted by Crippen LogP contribution is 2.48. The number of hydrogen-bond donors (Lipinski definition) is 0. The molecular formula is C32H26BN5. The predicted molar refractivity (Wildman–Crippen MR) is 157 cm³/mol. The molecule has 0 atom stereocenters. The molecule has 4 aromatic rings. The second-order valence-corrected chi connectivity index (χ2v) is 10.8. The Morgan fingerprint density at radius 1 is 0.500 bits per heavy atom. The van der Waals surface area contributed by atoms with Gasteiger partial charge in [-0.15, -0.1) is 0 Å². The van der Waals surface area contributed by atoms with E-state index in [4.69, 9.17) is 0 Å². The molecule has 38 heavy (non-hydrogen) atoms. The molecule has 0 unspecified atom stereocenters. The Balaban J connectivity index is 1.35. The number of rotatable bonds is 0. The molecule has 0 radical (unpaired) electrons. The van der Waals surface area contributed by atoms with E-state index in [1.165, 1.54) is 55.9 Å². The molecule has 9 rings (SSSR count). The summed E-state index contributed by atoms with van der Waals surface area (Å²) in [6.45, 7) is 3.87. The largest absolute Gasteiger partial charge is 0.376 e. The Morgan fingerprint density at radius 3 is 1.53 bits per heavy atom. The lowest BCUT2D eigenvalue weighted by atomic mass is 9.43. The molecule has 0 aromatic heterocycles. The van der Waals surface area contributed by atoms with Crippen LogP contribution in [0.25, 0.3) is 22.3 Å². The average Bonchev–Trinajstić information content (AvgIpc) is 3.65. The predicted octanol–water partition coefficient (Wildman–Crippen LogP) is 4.71. The third-order valence-electron chi connectivity index (χ3n) is 8.75. The van der Waals surface area contributed by atoms with Crippen molar-refractivity contribution in [3.8, 4) is 22.3 Å². The molecule has 0 fully saturated rings. The molecule has 5 aliphatic rings. The quantitative estimate of drug-likeness (QED) is 0.331. The van der Waals surface area contributed by atoms with Crippen LogP contribution in [0, 0.1) is 0 Å². The summed E-state index contributed by atoms with van der Waals surface area (Å²) >= 11 is 0. The van der Waals surface area contributed by atoms with Crippen molar-refractivity contribution in [1.29, 1.82) is 0 Å². The lowest BCUT2D eigenvalue weighted by Gasteiger charge is -2.44. The van der Waals surface area contributed by atoms with E-state index < -0.39 is 0 Å². The number of fused-ring (bicyclic) bond motifs is 14. The highest BCUT2D eigenvalue weighted by atomic mass is 15.4. The van der Waals surface area contributed by atoms with E-state index in [2.05, 4.69) is 134 Å². The van der Waals surface area contributed by atoms with Gasteiger partial charge in [0.2, 0.25) is 0 Å². The third-order valence-corrected chi connectivity index (χ3v) is 8.75. The van der Waals surface area contributed by atoms with Crippen LogP contribution in [0.2, 0.25) is 0 Å². The third kappa shape index (κ3) is 2.77. The zero-order valence-electron chi connectivity index (χ0n) is 21.0. The van der Waals surface area contributed by atoms with Crippen LogP contribution in [-0.4, -0.2) is 43.1 Å². The first-order chi connectivity index (χ1) is 18.8. The Hall–Kier alpha value is -4.58. The van der Waals surface area contributed by atoms with Crippen LogP contribution < -0.4 is 25.5 Å². The van der Waals surface area contributed by atoms with Crippen molar-refractivity contribution in [1.82, 2.24) is 9.80 Å². The maximum atomic E-state index is 2.61. The first-order valence-electron chi connectivity index (χ1n) is 13.5. The van der Waals surface area contributed by atoms with E-state index in [1.807, 2.05) is 0 Å². The van der Waals surface area contributed by atoms with Gasteiger partial charge in [-0.3, -0.25) is 0 Å². The minimum atomic E-state index is 0.125. The molecule has 0 saturated heterocycles. The molecule has 0 amide bonds. The molecule has 0 aliphatic carbocycles. The van der Waals surface area contributed by atoms with Crippen LogP contribution >= 0.6 is 0 Å². The first kappa shape index (κ1) is 20.5. The van der Waals surface area contributed by atoms with Gasteiger partial charge in [0.1, 0.15) is 0 Å². The van der Waals surface area contributed by atoms with Gasteiger partial charge in [-0.1, -0.05) is 60.7 Å². The highest BCUT2D eigenvalue weighted by Gasteiger charge is 2.42. The van der Waals surface area contributed by atoms with Crippen LogP contribution in [0.1, 0.15) is 0 Å². The molecule has 4 aromatic carbocycles. The Morgan fingerprint density at radius 2 is 1.00 bits per heavy atom. The molecule has 6 heteroatoms. The van der Waals surface area contributed by atoms with Crippen LogP contribution in [0.3, 0.4) is 0 Å². The summed E-state index contributed by atoms with van der Waals surface area (Å²) in [6.07, 6.45) is 8.93. The van der Waals surface area contributed by atoms with Crippen molar-refractivity contribution in [3.05, 3.63) is 110 Å². The van der Waals surface area contributed by atoms with E-state index >= 15 is 0 Å². The lowest BCUT2D eigenvalue weighted by Crippen LogP contribution is -2.59. The van der Waals surface area contributed by atoms with Gasteiger partial charge < -0.3 is 24.4 Å². The molecule has 0 N–H and O–H groups in total. The second kappa shape index (κ2) is 7.48. The van der Waals surface area contributed by atoms with E-state index in [9.17, 15) is 0 Å². The van der Waals surface area contributed by atoms with Crippen molar-refractivity contribution in [3.63, 3.8) is 0 Å². The van der Waals surface area contributed by atoms with Gasteiger partial charge in [-0.05, 0) is 46.3 Å². The average molecular weight is 491 g/mol. The summed E-state index contributed by atoms with van der Waals surface area (Å²) in [5.74, 6) is 0. The van der Waals surface area contributed by atoms with Crippen molar-refractivity contribution in [2.75, 3.05) is 41.0 Å². The van der Waals surface area contributed by atoms with Crippen molar-refractivity contribution < 1.29 is 0 Å². The molecular weight excluding hydrogens is 465 g/mol. The molecule has 5 nitrogen and oxygen atoms in total. The second-order valence-electron chi connectivity index (χ2n) is 10.8. The van der Waals surface area contributed by atoms with Crippen molar-refractivity contribution in [2.45, 2.75) is 0 Å². The molecule has 5 aliphatic heterocycles. The molecule has 182 valence electrons. The van der Waals surface area contributed by atoms with Gasteiger partial charge in [0.25, 0.3) is 0 Å². The van der Waals surface area contributed by atoms with Gasteiger partial charge in [-0.25, -0.2) is 0 Å². The highest BCUT2D eigenvalue weighted by molar-refractivity contribution is 6.92. The van der Waals surface area contributed by atoms with Crippen LogP contribution in [0.5, 0.6) is 0 Å². The van der Waals surface area contributed by atoms with Crippen LogP contribution in [0.4, 0.5) is 22.7 Å². The zero-order chi connectivity index (χ0) is 24.8. The Bertz CT molecular complexity index is 1570. The van der Waals surface area contributed by atoms with Crippen molar-refractivity contribution >= 4 is 40.5 Å². The number of benzene rings is 4. The molecule has 0 spiro atoms. The van der Waals surface area contributed by atoms with Crippen molar-refractivity contribution in [2.24, 2.45) is 0 Å². The normalized spacial score (nSPS) is 17.6. The summed E-state index contributed by atoms with van der Waals surface area (Å²) in [4.78, 5) is 12.2. The molecule has 8 bridgehead atoms. The maximum Gasteiger partial charge on any atom is 0.329 e. The monoisotopic (exact) mass is 491 g/mol. The van der Waals surface area contributed by atoms with E-state index in [1.54, 1.807) is 0 Å². The first-order valence-corrected chi connectivity index (χ1v) is 13.5. The summed E-state index contributed by atoms with van der Waals surface area (Å²) in [5, 5.41) is 0. The summed E-state index contributed by atoms with van der Waals surface area (Å²) in [5.41, 5.74) is 13.0. The smallest absolute Gasteiger partial charge is 0.329 e. The Labute approximate surface area is 223 Å². The van der Waals surface area contributed by atoms with Gasteiger partial charge in [0, 0.05) is 71.8 Å². The minimum absolute atomic E-state index is 0.125. The number of nitrogens with zero attached hydrogens (tertiary/aromatic N) is 5. The fourth-order valence-electron chi connectivity index (χ4n) is 6.88. The standard InChI is InChI=1S/C32H26BN5/c1-3-7-29-25(5-1)27-11-9-23-19-31(27)38-32-20-24(10-12-28(32)26-6-2-4-8-30(26)33(29)38)37-18-16-35(22-37)14-13-34-15-17-36(23)21-34/h1-12,15-20H,13-14,21-22H2. The van der Waals surface area contributed by atoms with Gasteiger partial charge in [-0.2, -0.15) is 0 Å². The maximum absolute atomic E-state index is 2.61. The fourth-order valence-corrected chi connectivity index (χ4v) is 6.88. The van der Waals surface area contributed by atoms with Gasteiger partial charge in [0.05, 0.1) is 13.3 Å². The number of anilines is 4. The van der Waals surface area contributed by atoms with Crippen LogP contribution in [-0.2, 0) is 0 Å². The molecule has 0 saturated carbocycles. The summed E-state index contributed by atoms with van der Waals surface area (Å²) < 4.78 is 0. The van der Waals surface area contributed by atoms with Crippen LogP contribution in [0.15, 0.2) is 110 Å². The zero-order valence-corrected chi connectivity index (χ0v) is 21.0. The fraction of sp³-hybridized carbons (Fsp3) is 0.125.